The van der Waals surface area contributed by atoms with Gasteiger partial charge < -0.3 is 5.11 Å². The van der Waals surface area contributed by atoms with Crippen LogP contribution in [0.3, 0.4) is 0 Å². The molecule has 2 aromatic rings. The van der Waals surface area contributed by atoms with Crippen LogP contribution < -0.4 is 5.19 Å². The largest absolute Gasteiger partial charge is 0.507 e. The van der Waals surface area contributed by atoms with Gasteiger partial charge in [-0.05, 0) is 75.5 Å². The molecule has 0 spiro atoms. The van der Waals surface area contributed by atoms with Crippen molar-refractivity contribution in [3.05, 3.63) is 50.6 Å². The smallest absolute Gasteiger partial charge is 0.178 e. The van der Waals surface area contributed by atoms with E-state index in [4.69, 9.17) is 4.99 Å². The van der Waals surface area contributed by atoms with Gasteiger partial charge in [0.1, 0.15) is 13.8 Å². The van der Waals surface area contributed by atoms with Crippen LogP contribution in [-0.4, -0.2) is 24.7 Å². The summed E-state index contributed by atoms with van der Waals surface area (Å²) in [5.41, 5.74) is 2.67. The van der Waals surface area contributed by atoms with E-state index in [1.165, 1.54) is 2.88 Å². The normalized spacial score (nSPS) is 17.9. The molecule has 6 heteroatoms. The van der Waals surface area contributed by atoms with Crippen LogP contribution in [0.5, 0.6) is 5.75 Å². The van der Waals surface area contributed by atoms with Gasteiger partial charge in [0.25, 0.3) is 0 Å². The number of carbonyl (C=O) groups excluding carboxylic acids is 1. The van der Waals surface area contributed by atoms with Gasteiger partial charge in [-0.25, -0.2) is 4.99 Å². The third kappa shape index (κ3) is 2.35. The summed E-state index contributed by atoms with van der Waals surface area (Å²) in [4.78, 5) is 17.7. The van der Waals surface area contributed by atoms with Gasteiger partial charge in [-0.3, -0.25) is 4.79 Å². The first-order chi connectivity index (χ1) is 11.4. The Labute approximate surface area is 158 Å². The lowest BCUT2D eigenvalue weighted by molar-refractivity contribution is -0.110. The number of rotatable bonds is 1. The number of hydrogen-bond acceptors (Lipinski definition) is 4. The van der Waals surface area contributed by atoms with E-state index >= 15 is 0 Å². The van der Waals surface area contributed by atoms with Crippen molar-refractivity contribution in [1.82, 2.24) is 0 Å². The van der Waals surface area contributed by atoms with Gasteiger partial charge in [0.05, 0.1) is 14.3 Å². The molecule has 2 heterocycles. The third-order valence-electron chi connectivity index (χ3n) is 4.49. The number of carbonyl (C=O) groups is 1. The van der Waals surface area contributed by atoms with Gasteiger partial charge in [0.2, 0.25) is 0 Å². The molecule has 3 nitrogen and oxygen atoms in total. The summed E-state index contributed by atoms with van der Waals surface area (Å²) in [5, 5.41) is 12.7. The Morgan fingerprint density at radius 1 is 1.17 bits per heavy atom. The zero-order chi connectivity index (χ0) is 17.1. The molecule has 1 aliphatic heterocycles. The molecule has 4 rings (SSSR count). The number of allylic oxidation sites excluding steroid dienone is 4. The highest BCUT2D eigenvalue weighted by Crippen LogP contribution is 2.41. The Morgan fingerprint density at radius 2 is 1.96 bits per heavy atom. The van der Waals surface area contributed by atoms with Gasteiger partial charge >= 0.3 is 0 Å². The number of halogens is 1. The van der Waals surface area contributed by atoms with Crippen LogP contribution in [0.15, 0.2) is 52.7 Å². The maximum absolute atomic E-state index is 11.9. The van der Waals surface area contributed by atoms with E-state index < -0.39 is 8.07 Å². The molecule has 0 fully saturated rings. The molecular formula is C18H14INO2SSi. The predicted molar refractivity (Wildman–Crippen MR) is 111 cm³/mol. The lowest BCUT2D eigenvalue weighted by Gasteiger charge is -2.34. The number of aromatic hydroxyl groups is 1. The average molecular weight is 463 g/mol. The molecule has 1 aromatic carbocycles. The fraction of sp³-hybridized carbons (Fsp3) is 0.111. The van der Waals surface area contributed by atoms with Crippen molar-refractivity contribution in [2.45, 2.75) is 13.1 Å². The molecule has 120 valence electrons. The molecule has 1 aliphatic carbocycles. The Kier molecular flexibility index (Phi) is 3.66. The average Bonchev–Trinajstić information content (AvgIpc) is 2.95. The standard InChI is InChI=1S/C18H14INO2SSi/c1-24(2)15-9-10(21)3-4-11(15)20-12-5-6-13(22)17(18(12)24)14-7-8-16(19)23-14/h3-9,22H,1-2H3. The molecule has 0 saturated carbocycles. The first kappa shape index (κ1) is 16.0. The van der Waals surface area contributed by atoms with Crippen LogP contribution >= 0.6 is 33.9 Å². The van der Waals surface area contributed by atoms with E-state index in [2.05, 4.69) is 41.8 Å². The molecule has 0 saturated heterocycles. The molecule has 0 radical (unpaired) electrons. The van der Waals surface area contributed by atoms with Gasteiger partial charge in [-0.15, -0.1) is 11.3 Å². The van der Waals surface area contributed by atoms with Crippen LogP contribution in [-0.2, 0) is 4.79 Å². The highest BCUT2D eigenvalue weighted by Gasteiger charge is 2.40. The second-order valence-corrected chi connectivity index (χ2v) is 13.6. The minimum Gasteiger partial charge on any atom is -0.507 e. The van der Waals surface area contributed by atoms with Crippen molar-refractivity contribution in [1.29, 1.82) is 0 Å². The van der Waals surface area contributed by atoms with E-state index in [-0.39, 0.29) is 11.5 Å². The van der Waals surface area contributed by atoms with Crippen LogP contribution in [0.25, 0.3) is 10.4 Å². The van der Waals surface area contributed by atoms with Crippen LogP contribution in [0.2, 0.25) is 13.1 Å². The van der Waals surface area contributed by atoms with Crippen LogP contribution in [0.4, 0.5) is 5.69 Å². The molecule has 24 heavy (non-hydrogen) atoms. The van der Waals surface area contributed by atoms with Crippen molar-refractivity contribution in [3.63, 3.8) is 0 Å². The van der Waals surface area contributed by atoms with E-state index in [1.54, 1.807) is 29.6 Å². The first-order valence-corrected chi connectivity index (χ1v) is 12.4. The molecule has 0 amide bonds. The summed E-state index contributed by atoms with van der Waals surface area (Å²) in [7, 11) is -2.16. The van der Waals surface area contributed by atoms with E-state index in [9.17, 15) is 9.90 Å². The van der Waals surface area contributed by atoms with Crippen molar-refractivity contribution < 1.29 is 9.90 Å². The van der Waals surface area contributed by atoms with Crippen molar-refractivity contribution in [2.24, 2.45) is 4.99 Å². The Morgan fingerprint density at radius 3 is 2.67 bits per heavy atom. The minimum absolute atomic E-state index is 0.0142. The topological polar surface area (TPSA) is 49.7 Å². The second kappa shape index (κ2) is 5.50. The molecular weight excluding hydrogens is 449 g/mol. The monoisotopic (exact) mass is 463 g/mol. The Hall–Kier alpha value is -1.51. The maximum atomic E-state index is 11.9. The number of phenolic OH excluding ortho intramolecular Hbond substituents is 1. The summed E-state index contributed by atoms with van der Waals surface area (Å²) in [6, 6.07) is 7.71. The highest BCUT2D eigenvalue weighted by molar-refractivity contribution is 14.1. The number of thiophene rings is 1. The minimum atomic E-state index is -2.16. The fourth-order valence-corrected chi connectivity index (χ4v) is 8.37. The van der Waals surface area contributed by atoms with E-state index in [0.29, 0.717) is 0 Å². The quantitative estimate of drug-likeness (QED) is 0.389. The first-order valence-electron chi connectivity index (χ1n) is 7.53. The fourth-order valence-electron chi connectivity index (χ4n) is 3.38. The van der Waals surface area contributed by atoms with Gasteiger partial charge in [-0.1, -0.05) is 13.1 Å². The highest BCUT2D eigenvalue weighted by atomic mass is 127. The maximum Gasteiger partial charge on any atom is 0.178 e. The zero-order valence-corrected chi connectivity index (χ0v) is 17.1. The molecule has 1 aromatic heterocycles. The SMILES string of the molecule is C[Si]1(C)C2=CC(=O)C=CC2=Nc2ccc(O)c(-c3ccc(I)s3)c21. The Balaban J connectivity index is 2.06. The zero-order valence-electron chi connectivity index (χ0n) is 13.1. The van der Waals surface area contributed by atoms with E-state index in [0.717, 1.165) is 32.2 Å². The Bertz CT molecular complexity index is 985. The van der Waals surface area contributed by atoms with Crippen LogP contribution in [0.1, 0.15) is 0 Å². The van der Waals surface area contributed by atoms with Gasteiger partial charge in [0.15, 0.2) is 5.78 Å². The number of nitrogens with zero attached hydrogens (tertiary/aromatic N) is 1. The van der Waals surface area contributed by atoms with Crippen molar-refractivity contribution in [2.75, 3.05) is 0 Å². The number of ketones is 1. The number of phenols is 1. The number of hydrogen-bond donors (Lipinski definition) is 1. The van der Waals surface area contributed by atoms with E-state index in [1.807, 2.05) is 18.2 Å². The predicted octanol–water partition coefficient (Wildman–Crippen LogP) is 4.33. The molecule has 2 aliphatic rings. The second-order valence-electron chi connectivity index (χ2n) is 6.37. The molecule has 0 unspecified atom stereocenters. The summed E-state index contributed by atoms with van der Waals surface area (Å²) < 4.78 is 1.18. The number of fused-ring (bicyclic) bond motifs is 2. The lowest BCUT2D eigenvalue weighted by atomic mass is 10.1. The third-order valence-corrected chi connectivity index (χ3v) is 9.90. The summed E-state index contributed by atoms with van der Waals surface area (Å²) in [6.07, 6.45) is 5.11. The van der Waals surface area contributed by atoms with Gasteiger partial charge in [0, 0.05) is 10.4 Å². The number of benzene rings is 1. The van der Waals surface area contributed by atoms with Crippen LogP contribution in [0, 0.1) is 2.88 Å². The summed E-state index contributed by atoms with van der Waals surface area (Å²) in [5.74, 6) is 0.296. The number of aliphatic imine (C=N–C) groups is 1. The lowest BCUT2D eigenvalue weighted by Crippen LogP contribution is -2.50. The summed E-state index contributed by atoms with van der Waals surface area (Å²) in [6.45, 7) is 4.45. The summed E-state index contributed by atoms with van der Waals surface area (Å²) >= 11 is 3.95. The van der Waals surface area contributed by atoms with Gasteiger partial charge in [-0.2, -0.15) is 0 Å². The molecule has 1 N–H and O–H groups in total. The molecule has 0 atom stereocenters. The van der Waals surface area contributed by atoms with Crippen molar-refractivity contribution in [3.8, 4) is 16.2 Å². The van der Waals surface area contributed by atoms with Crippen molar-refractivity contribution >= 4 is 64.4 Å². The molecule has 0 bridgehead atoms.